The number of nitrogens with zero attached hydrogens (tertiary/aromatic N) is 4. The van der Waals surface area contributed by atoms with Crippen molar-refractivity contribution in [3.8, 4) is 16.9 Å². The molecule has 1 aromatic carbocycles. The number of likely N-dealkylation sites (tertiary alicyclic amines) is 1. The summed E-state index contributed by atoms with van der Waals surface area (Å²) < 4.78 is 48.6. The highest BCUT2D eigenvalue weighted by Gasteiger charge is 2.35. The van der Waals surface area contributed by atoms with Crippen molar-refractivity contribution in [3.05, 3.63) is 36.3 Å². The predicted octanol–water partition coefficient (Wildman–Crippen LogP) is 3.56. The third-order valence-corrected chi connectivity index (χ3v) is 5.42. The molecule has 2 aromatic heterocycles. The van der Waals surface area contributed by atoms with Gasteiger partial charge in [-0.15, -0.1) is 0 Å². The van der Waals surface area contributed by atoms with Gasteiger partial charge in [-0.2, -0.15) is 18.3 Å². The van der Waals surface area contributed by atoms with Gasteiger partial charge in [0, 0.05) is 30.9 Å². The van der Waals surface area contributed by atoms with Gasteiger partial charge in [0.1, 0.15) is 6.33 Å². The van der Waals surface area contributed by atoms with Crippen molar-refractivity contribution >= 4 is 23.1 Å². The summed E-state index contributed by atoms with van der Waals surface area (Å²) >= 11 is 0. The Morgan fingerprint density at radius 2 is 2.12 bits per heavy atom. The first-order chi connectivity index (χ1) is 15.2. The fourth-order valence-corrected chi connectivity index (χ4v) is 3.90. The summed E-state index contributed by atoms with van der Waals surface area (Å²) in [6.45, 7) is 0.556. The highest BCUT2D eigenvalue weighted by molar-refractivity contribution is 5.81. The monoisotopic (exact) mass is 450 g/mol. The lowest BCUT2D eigenvalue weighted by Gasteiger charge is -2.32. The van der Waals surface area contributed by atoms with E-state index in [1.165, 1.54) is 41.2 Å². The molecule has 1 amide bonds. The zero-order chi connectivity index (χ0) is 23.0. The van der Waals surface area contributed by atoms with Crippen LogP contribution < -0.4 is 15.8 Å². The molecule has 0 radical (unpaired) electrons. The Labute approximate surface area is 180 Å². The number of carbonyl (C=O) groups is 1. The van der Waals surface area contributed by atoms with E-state index in [4.69, 9.17) is 10.5 Å². The Hall–Kier alpha value is -3.70. The second-order valence-electron chi connectivity index (χ2n) is 7.52. The summed E-state index contributed by atoms with van der Waals surface area (Å²) in [5.74, 6) is 0.268. The topological polar surface area (TPSA) is 118 Å². The molecule has 1 atom stereocenters. The zero-order valence-corrected chi connectivity index (χ0v) is 17.1. The normalized spacial score (nSPS) is 16.9. The van der Waals surface area contributed by atoms with Crippen LogP contribution in [0.5, 0.6) is 5.75 Å². The number of halogens is 3. The number of benzene rings is 1. The van der Waals surface area contributed by atoms with Crippen LogP contribution in [-0.2, 0) is 6.18 Å². The molecule has 9 nitrogen and oxygen atoms in total. The maximum Gasteiger partial charge on any atom is 0.417 e. The Kier molecular flexibility index (Phi) is 5.45. The van der Waals surface area contributed by atoms with Gasteiger partial charge in [-0.25, -0.2) is 14.3 Å². The number of carboxylic acid groups (broad SMARTS) is 1. The van der Waals surface area contributed by atoms with E-state index in [-0.39, 0.29) is 40.8 Å². The number of alkyl halides is 3. The molecule has 0 saturated carbocycles. The molecule has 3 aromatic rings. The van der Waals surface area contributed by atoms with Crippen molar-refractivity contribution in [1.82, 2.24) is 19.5 Å². The number of ether oxygens (including phenoxy) is 1. The van der Waals surface area contributed by atoms with E-state index in [1.807, 2.05) is 0 Å². The van der Waals surface area contributed by atoms with Crippen molar-refractivity contribution in [1.29, 1.82) is 0 Å². The number of nitrogens with two attached hydrogens (primary N) is 1. The molecule has 4 N–H and O–H groups in total. The third kappa shape index (κ3) is 4.07. The lowest BCUT2D eigenvalue weighted by molar-refractivity contribution is -0.137. The van der Waals surface area contributed by atoms with E-state index in [0.717, 1.165) is 6.07 Å². The molecular formula is C20H21F3N6O3. The molecule has 0 bridgehead atoms. The molecule has 1 saturated heterocycles. The van der Waals surface area contributed by atoms with Gasteiger partial charge < -0.3 is 25.8 Å². The van der Waals surface area contributed by atoms with Crippen molar-refractivity contribution in [3.63, 3.8) is 0 Å². The second kappa shape index (κ2) is 8.09. The number of hydrogen-bond donors (Lipinski definition) is 3. The number of piperidine rings is 1. The van der Waals surface area contributed by atoms with E-state index in [2.05, 4.69) is 15.4 Å². The Morgan fingerprint density at radius 1 is 1.34 bits per heavy atom. The van der Waals surface area contributed by atoms with Crippen LogP contribution in [0.25, 0.3) is 16.8 Å². The summed E-state index contributed by atoms with van der Waals surface area (Å²) in [4.78, 5) is 16.5. The number of fused-ring (bicyclic) bond motifs is 1. The Bertz CT molecular complexity index is 1160. The van der Waals surface area contributed by atoms with Crippen LogP contribution in [0.4, 0.5) is 29.3 Å². The number of nitrogens with one attached hydrogen (secondary N) is 1. The molecule has 1 fully saturated rings. The fraction of sp³-hybridized carbons (Fsp3) is 0.350. The molecule has 12 heteroatoms. The summed E-state index contributed by atoms with van der Waals surface area (Å²) in [7, 11) is 1.39. The maximum absolute atomic E-state index is 14.0. The lowest BCUT2D eigenvalue weighted by Crippen LogP contribution is -2.44. The number of pyridine rings is 1. The first kappa shape index (κ1) is 21.5. The van der Waals surface area contributed by atoms with E-state index < -0.39 is 17.8 Å². The molecule has 3 heterocycles. The van der Waals surface area contributed by atoms with Crippen LogP contribution in [0.1, 0.15) is 18.4 Å². The number of methoxy groups -OCH3 is 1. The van der Waals surface area contributed by atoms with Gasteiger partial charge in [-0.3, -0.25) is 0 Å². The van der Waals surface area contributed by atoms with Crippen LogP contribution in [0.3, 0.4) is 0 Å². The maximum atomic E-state index is 14.0. The number of hydrogen-bond acceptors (Lipinski definition) is 6. The van der Waals surface area contributed by atoms with Crippen molar-refractivity contribution in [2.24, 2.45) is 0 Å². The SMILES string of the molecule is COc1cc(-c2cc(N)c(NC3CCCN(C(=O)O)C3)cc2C(F)(F)F)cn2ncnc12. The summed E-state index contributed by atoms with van der Waals surface area (Å²) in [5, 5.41) is 16.2. The first-order valence-corrected chi connectivity index (χ1v) is 9.80. The standard InChI is InChI=1S/C20H21F3N6O3/c1-32-17-5-11(8-29-18(17)25-10-26-29)13-6-15(24)16(7-14(13)20(21,22)23)27-12-3-2-4-28(9-12)19(30)31/h5-8,10,12,27H,2-4,9,24H2,1H3,(H,30,31). The molecular weight excluding hydrogens is 429 g/mol. The minimum atomic E-state index is -4.66. The summed E-state index contributed by atoms with van der Waals surface area (Å²) in [6, 6.07) is 3.32. The van der Waals surface area contributed by atoms with E-state index >= 15 is 0 Å². The predicted molar refractivity (Wildman–Crippen MR) is 111 cm³/mol. The van der Waals surface area contributed by atoms with Crippen molar-refractivity contribution in [2.75, 3.05) is 31.2 Å². The van der Waals surface area contributed by atoms with Crippen LogP contribution in [-0.4, -0.2) is 56.9 Å². The van der Waals surface area contributed by atoms with Crippen LogP contribution in [0.15, 0.2) is 30.7 Å². The highest BCUT2D eigenvalue weighted by Crippen LogP contribution is 2.42. The van der Waals surface area contributed by atoms with Crippen molar-refractivity contribution in [2.45, 2.75) is 25.1 Å². The fourth-order valence-electron chi connectivity index (χ4n) is 3.90. The quantitative estimate of drug-likeness (QED) is 0.520. The number of nitrogen functional groups attached to an aromatic ring is 1. The molecule has 4 rings (SSSR count). The average molecular weight is 450 g/mol. The third-order valence-electron chi connectivity index (χ3n) is 5.42. The first-order valence-electron chi connectivity index (χ1n) is 9.80. The van der Waals surface area contributed by atoms with Gasteiger partial charge >= 0.3 is 12.3 Å². The van der Waals surface area contributed by atoms with Gasteiger partial charge in [0.15, 0.2) is 11.4 Å². The zero-order valence-electron chi connectivity index (χ0n) is 17.1. The molecule has 1 aliphatic heterocycles. The second-order valence-corrected chi connectivity index (χ2v) is 7.52. The minimum absolute atomic E-state index is 0.104. The highest BCUT2D eigenvalue weighted by atomic mass is 19.4. The number of amides is 1. The van der Waals surface area contributed by atoms with E-state index in [1.54, 1.807) is 0 Å². The van der Waals surface area contributed by atoms with Crippen molar-refractivity contribution < 1.29 is 27.8 Å². The molecule has 1 aliphatic rings. The molecule has 0 spiro atoms. The lowest BCUT2D eigenvalue weighted by atomic mass is 9.97. The summed E-state index contributed by atoms with van der Waals surface area (Å²) in [5.41, 5.74) is 5.89. The number of aromatic nitrogens is 3. The Balaban J connectivity index is 1.75. The minimum Gasteiger partial charge on any atom is -0.493 e. The molecule has 170 valence electrons. The van der Waals surface area contributed by atoms with Crippen LogP contribution >= 0.6 is 0 Å². The molecule has 0 aliphatic carbocycles. The average Bonchev–Trinajstić information content (AvgIpc) is 3.22. The van der Waals surface area contributed by atoms with Gasteiger partial charge in [0.2, 0.25) is 0 Å². The van der Waals surface area contributed by atoms with E-state index in [0.29, 0.717) is 25.0 Å². The van der Waals surface area contributed by atoms with Gasteiger partial charge in [0.05, 0.1) is 24.0 Å². The number of rotatable bonds is 4. The Morgan fingerprint density at radius 3 is 2.81 bits per heavy atom. The molecule has 1 unspecified atom stereocenters. The van der Waals surface area contributed by atoms with E-state index in [9.17, 15) is 23.1 Å². The van der Waals surface area contributed by atoms with Crippen LogP contribution in [0, 0.1) is 0 Å². The largest absolute Gasteiger partial charge is 0.493 e. The van der Waals surface area contributed by atoms with Gasteiger partial charge in [0.25, 0.3) is 0 Å². The molecule has 32 heavy (non-hydrogen) atoms. The van der Waals surface area contributed by atoms with Crippen LogP contribution in [0.2, 0.25) is 0 Å². The van der Waals surface area contributed by atoms with Gasteiger partial charge in [-0.1, -0.05) is 0 Å². The van der Waals surface area contributed by atoms with Gasteiger partial charge in [-0.05, 0) is 36.6 Å². The summed E-state index contributed by atoms with van der Waals surface area (Å²) in [6.07, 6.45) is -1.80. The smallest absolute Gasteiger partial charge is 0.417 e. The number of anilines is 2.